The summed E-state index contributed by atoms with van der Waals surface area (Å²) in [6.07, 6.45) is 3.30. The van der Waals surface area contributed by atoms with Crippen LogP contribution in [0, 0.1) is 0 Å². The Morgan fingerprint density at radius 1 is 1.12 bits per heavy atom. The zero-order valence-electron chi connectivity index (χ0n) is 13.2. The molecular weight excluding hydrogens is 306 g/mol. The van der Waals surface area contributed by atoms with Crippen LogP contribution in [0.3, 0.4) is 0 Å². The molecule has 0 aliphatic carbocycles. The van der Waals surface area contributed by atoms with Crippen molar-refractivity contribution in [2.45, 2.75) is 6.92 Å². The van der Waals surface area contributed by atoms with Gasteiger partial charge in [0, 0.05) is 30.4 Å². The van der Waals surface area contributed by atoms with Crippen LogP contribution in [0.5, 0.6) is 0 Å². The number of nitrogens with one attached hydrogen (secondary N) is 1. The molecule has 0 atom stereocenters. The van der Waals surface area contributed by atoms with E-state index in [1.807, 2.05) is 0 Å². The number of carbonyl (C=O) groups is 1. The third-order valence-electron chi connectivity index (χ3n) is 3.59. The Hall–Kier alpha value is -3.35. The maximum absolute atomic E-state index is 12.4. The molecule has 0 fully saturated rings. The fourth-order valence-electron chi connectivity index (χ4n) is 2.31. The van der Waals surface area contributed by atoms with Crippen molar-refractivity contribution in [3.63, 3.8) is 0 Å². The lowest BCUT2D eigenvalue weighted by molar-refractivity contribution is 0.0949. The van der Waals surface area contributed by atoms with Gasteiger partial charge in [-0.15, -0.1) is 0 Å². The van der Waals surface area contributed by atoms with Crippen molar-refractivity contribution < 1.29 is 4.79 Å². The van der Waals surface area contributed by atoms with Crippen LogP contribution >= 0.6 is 0 Å². The molecule has 2 aromatic heterocycles. The predicted octanol–water partition coefficient (Wildman–Crippen LogP) is 1.48. The zero-order valence-corrected chi connectivity index (χ0v) is 13.2. The highest BCUT2D eigenvalue weighted by atomic mass is 16.2. The summed E-state index contributed by atoms with van der Waals surface area (Å²) in [4.78, 5) is 28.5. The van der Waals surface area contributed by atoms with E-state index in [2.05, 4.69) is 20.6 Å². The summed E-state index contributed by atoms with van der Waals surface area (Å²) in [5.41, 5.74) is 3.88. The van der Waals surface area contributed by atoms with Crippen molar-refractivity contribution in [1.82, 2.24) is 20.2 Å². The Morgan fingerprint density at radius 3 is 2.50 bits per heavy atom. The molecule has 0 unspecified atom stereocenters. The van der Waals surface area contributed by atoms with E-state index >= 15 is 0 Å². The minimum Gasteiger partial charge on any atom is -0.267 e. The smallest absolute Gasteiger partial charge is 0.267 e. The summed E-state index contributed by atoms with van der Waals surface area (Å²) in [6.45, 7) is 1.78. The highest BCUT2D eigenvalue weighted by molar-refractivity contribution is 6.06. The second-order valence-corrected chi connectivity index (χ2v) is 5.20. The van der Waals surface area contributed by atoms with E-state index in [4.69, 9.17) is 0 Å². The topological polar surface area (TPSA) is 89.2 Å². The summed E-state index contributed by atoms with van der Waals surface area (Å²) in [6, 6.07) is 10.5. The third kappa shape index (κ3) is 2.91. The monoisotopic (exact) mass is 321 g/mol. The van der Waals surface area contributed by atoms with Gasteiger partial charge in [0.05, 0.1) is 11.1 Å². The molecule has 1 aromatic carbocycles. The van der Waals surface area contributed by atoms with Crippen LogP contribution in [0.25, 0.3) is 10.8 Å². The number of fused-ring (bicyclic) bond motifs is 1. The summed E-state index contributed by atoms with van der Waals surface area (Å²) in [5, 5.41) is 9.09. The number of aromatic nitrogens is 3. The largest absolute Gasteiger partial charge is 0.292 e. The van der Waals surface area contributed by atoms with E-state index in [0.717, 1.165) is 10.2 Å². The highest BCUT2D eigenvalue weighted by Crippen LogP contribution is 2.12. The molecule has 3 aromatic rings. The van der Waals surface area contributed by atoms with Crippen LogP contribution in [0.2, 0.25) is 0 Å². The van der Waals surface area contributed by atoms with Crippen LogP contribution in [0.15, 0.2) is 58.7 Å². The first-order valence-electron chi connectivity index (χ1n) is 7.29. The summed E-state index contributed by atoms with van der Waals surface area (Å²) < 4.78 is 1.15. The van der Waals surface area contributed by atoms with Gasteiger partial charge in [0.1, 0.15) is 0 Å². The lowest BCUT2D eigenvalue weighted by Gasteiger charge is -2.07. The molecule has 0 aliphatic rings. The van der Waals surface area contributed by atoms with Gasteiger partial charge in [-0.3, -0.25) is 14.6 Å². The zero-order chi connectivity index (χ0) is 17.1. The number of pyridine rings is 1. The minimum absolute atomic E-state index is 0.152. The lowest BCUT2D eigenvalue weighted by Crippen LogP contribution is -2.27. The maximum atomic E-state index is 12.4. The highest BCUT2D eigenvalue weighted by Gasteiger charge is 2.15. The van der Waals surface area contributed by atoms with Crippen molar-refractivity contribution in [3.8, 4) is 0 Å². The first-order valence-corrected chi connectivity index (χ1v) is 7.29. The maximum Gasteiger partial charge on any atom is 0.292 e. The molecular formula is C17H15N5O2. The van der Waals surface area contributed by atoms with Gasteiger partial charge in [-0.1, -0.05) is 18.2 Å². The fraction of sp³-hybridized carbons (Fsp3) is 0.118. The van der Waals surface area contributed by atoms with Gasteiger partial charge >= 0.3 is 0 Å². The van der Waals surface area contributed by atoms with Crippen LogP contribution in [-0.2, 0) is 7.05 Å². The predicted molar refractivity (Wildman–Crippen MR) is 90.9 cm³/mol. The fourth-order valence-corrected chi connectivity index (χ4v) is 2.31. The average Bonchev–Trinajstić information content (AvgIpc) is 2.63. The second-order valence-electron chi connectivity index (χ2n) is 5.20. The second kappa shape index (κ2) is 6.41. The number of carbonyl (C=O) groups excluding carboxylic acids is 1. The van der Waals surface area contributed by atoms with Crippen molar-refractivity contribution in [1.29, 1.82) is 0 Å². The normalized spacial score (nSPS) is 11.5. The number of aryl methyl sites for hydroxylation is 1. The molecule has 2 heterocycles. The molecule has 0 aliphatic heterocycles. The van der Waals surface area contributed by atoms with Crippen molar-refractivity contribution >= 4 is 22.4 Å². The van der Waals surface area contributed by atoms with Gasteiger partial charge in [0.15, 0.2) is 5.69 Å². The molecule has 1 amide bonds. The molecule has 0 spiro atoms. The molecule has 7 heteroatoms. The van der Waals surface area contributed by atoms with Gasteiger partial charge < -0.3 is 0 Å². The van der Waals surface area contributed by atoms with Gasteiger partial charge in [-0.2, -0.15) is 10.2 Å². The number of hydrazone groups is 1. The molecule has 0 saturated heterocycles. The Balaban J connectivity index is 1.95. The van der Waals surface area contributed by atoms with Crippen LogP contribution in [-0.4, -0.2) is 26.4 Å². The first kappa shape index (κ1) is 15.5. The molecule has 120 valence electrons. The molecule has 1 N–H and O–H groups in total. The molecule has 0 saturated carbocycles. The van der Waals surface area contributed by atoms with E-state index in [0.29, 0.717) is 16.5 Å². The average molecular weight is 321 g/mol. The van der Waals surface area contributed by atoms with E-state index in [1.54, 1.807) is 55.7 Å². The van der Waals surface area contributed by atoms with E-state index in [-0.39, 0.29) is 11.3 Å². The minimum atomic E-state index is -0.477. The summed E-state index contributed by atoms with van der Waals surface area (Å²) >= 11 is 0. The number of hydrogen-bond donors (Lipinski definition) is 1. The Morgan fingerprint density at radius 2 is 1.79 bits per heavy atom. The van der Waals surface area contributed by atoms with E-state index < -0.39 is 5.91 Å². The summed E-state index contributed by atoms with van der Waals surface area (Å²) in [7, 11) is 1.51. The molecule has 24 heavy (non-hydrogen) atoms. The molecule has 0 radical (unpaired) electrons. The van der Waals surface area contributed by atoms with Gasteiger partial charge in [0.2, 0.25) is 0 Å². The first-order chi connectivity index (χ1) is 11.6. The van der Waals surface area contributed by atoms with Crippen LogP contribution < -0.4 is 11.0 Å². The number of hydrogen-bond acceptors (Lipinski definition) is 5. The molecule has 7 nitrogen and oxygen atoms in total. The lowest BCUT2D eigenvalue weighted by atomic mass is 10.1. The number of amides is 1. The number of rotatable bonds is 3. The van der Waals surface area contributed by atoms with Gasteiger partial charge in [0.25, 0.3) is 11.5 Å². The standard InChI is InChI=1S/C17H15N5O2/c1-11(12-7-9-18-10-8-12)19-20-16(23)15-13-5-3-4-6-14(13)17(24)22(2)21-15/h3-10H,1-2H3,(H,20,23)/b19-11-. The molecule has 3 rings (SSSR count). The summed E-state index contributed by atoms with van der Waals surface area (Å²) in [5.74, 6) is -0.477. The SMILES string of the molecule is C/C(=N/NC(=O)c1nn(C)c(=O)c2ccccc12)c1ccncc1. The molecule has 0 bridgehead atoms. The quantitative estimate of drug-likeness (QED) is 0.584. The van der Waals surface area contributed by atoms with Crippen molar-refractivity contribution in [3.05, 3.63) is 70.4 Å². The number of nitrogens with zero attached hydrogens (tertiary/aromatic N) is 4. The Bertz CT molecular complexity index is 993. The van der Waals surface area contributed by atoms with Gasteiger partial charge in [-0.25, -0.2) is 10.1 Å². The van der Waals surface area contributed by atoms with Gasteiger partial charge in [-0.05, 0) is 25.1 Å². The number of benzene rings is 1. The van der Waals surface area contributed by atoms with Crippen molar-refractivity contribution in [2.24, 2.45) is 12.1 Å². The van der Waals surface area contributed by atoms with E-state index in [1.165, 1.54) is 7.05 Å². The third-order valence-corrected chi connectivity index (χ3v) is 3.59. The Kier molecular flexibility index (Phi) is 4.15. The Labute approximate surface area is 137 Å². The van der Waals surface area contributed by atoms with Crippen molar-refractivity contribution in [2.75, 3.05) is 0 Å². The van der Waals surface area contributed by atoms with E-state index in [9.17, 15) is 9.59 Å². The van der Waals surface area contributed by atoms with Crippen LogP contribution in [0.4, 0.5) is 0 Å². The van der Waals surface area contributed by atoms with Crippen LogP contribution in [0.1, 0.15) is 23.0 Å².